The van der Waals surface area contributed by atoms with Gasteiger partial charge in [0, 0.05) is 5.02 Å². The number of aromatic amines is 1. The summed E-state index contributed by atoms with van der Waals surface area (Å²) in [7, 11) is 0. The molecule has 3 rings (SSSR count). The number of phenols is 1. The van der Waals surface area contributed by atoms with E-state index in [2.05, 4.69) is 25.3 Å². The Morgan fingerprint density at radius 3 is 2.86 bits per heavy atom. The molecule has 1 amide bonds. The van der Waals surface area contributed by atoms with E-state index >= 15 is 0 Å². The molecule has 2 aromatic heterocycles. The first-order chi connectivity index (χ1) is 10.0. The third-order valence-corrected chi connectivity index (χ3v) is 3.18. The topological polar surface area (TPSA) is 104 Å². The molecule has 1 aromatic carbocycles. The number of anilines is 1. The number of halogens is 2. The number of hydrogen-bond acceptors (Lipinski definition) is 5. The van der Waals surface area contributed by atoms with Gasteiger partial charge in [0.15, 0.2) is 10.8 Å². The number of carbonyl (C=O) groups is 1. The van der Waals surface area contributed by atoms with Gasteiger partial charge in [-0.3, -0.25) is 10.1 Å². The number of phenolic OH excluding ortho intramolecular Hbond substituents is 1. The molecule has 0 aliphatic carbocycles. The predicted molar refractivity (Wildman–Crippen MR) is 77.8 cm³/mol. The van der Waals surface area contributed by atoms with Gasteiger partial charge in [-0.15, -0.1) is 0 Å². The van der Waals surface area contributed by atoms with Gasteiger partial charge in [-0.1, -0.05) is 23.2 Å². The van der Waals surface area contributed by atoms with Crippen molar-refractivity contribution in [2.24, 2.45) is 0 Å². The van der Waals surface area contributed by atoms with Gasteiger partial charge in [-0.25, -0.2) is 4.98 Å². The second-order valence-electron chi connectivity index (χ2n) is 4.05. The molecule has 0 saturated heterocycles. The van der Waals surface area contributed by atoms with Gasteiger partial charge in [-0.2, -0.15) is 9.97 Å². The summed E-state index contributed by atoms with van der Waals surface area (Å²) in [6.07, 6.45) is 1.42. The first kappa shape index (κ1) is 13.6. The molecule has 0 fully saturated rings. The Balaban J connectivity index is 1.92. The normalized spacial score (nSPS) is 10.8. The number of H-pyrrole nitrogens is 1. The van der Waals surface area contributed by atoms with Crippen LogP contribution in [-0.4, -0.2) is 30.9 Å². The summed E-state index contributed by atoms with van der Waals surface area (Å²) >= 11 is 11.7. The van der Waals surface area contributed by atoms with Gasteiger partial charge in [-0.05, 0) is 18.2 Å². The number of aromatic hydroxyl groups is 1. The van der Waals surface area contributed by atoms with Crippen LogP contribution in [0.15, 0.2) is 24.5 Å². The Labute approximate surface area is 128 Å². The molecular formula is C12H7Cl2N5O2. The van der Waals surface area contributed by atoms with Crippen molar-refractivity contribution in [3.05, 3.63) is 40.3 Å². The van der Waals surface area contributed by atoms with E-state index in [1.165, 1.54) is 24.5 Å². The molecule has 7 nitrogen and oxygen atoms in total. The molecule has 0 atom stereocenters. The fourth-order valence-corrected chi connectivity index (χ4v) is 2.10. The Kier molecular flexibility index (Phi) is 3.36. The molecular weight excluding hydrogens is 317 g/mol. The quantitative estimate of drug-likeness (QED) is 0.629. The molecule has 3 aromatic rings. The van der Waals surface area contributed by atoms with Crippen LogP contribution in [0.1, 0.15) is 10.4 Å². The number of fused-ring (bicyclic) bond motifs is 1. The van der Waals surface area contributed by atoms with Gasteiger partial charge in [0.2, 0.25) is 5.95 Å². The largest absolute Gasteiger partial charge is 0.507 e. The Morgan fingerprint density at radius 2 is 2.10 bits per heavy atom. The Hall–Kier alpha value is -2.38. The summed E-state index contributed by atoms with van der Waals surface area (Å²) in [5, 5.41) is 12.6. The lowest BCUT2D eigenvalue weighted by Crippen LogP contribution is -2.14. The summed E-state index contributed by atoms with van der Waals surface area (Å²) < 4.78 is 0. The average molecular weight is 324 g/mol. The number of amides is 1. The van der Waals surface area contributed by atoms with Crippen LogP contribution in [0, 0.1) is 0 Å². The zero-order chi connectivity index (χ0) is 15.0. The third kappa shape index (κ3) is 2.61. The molecule has 106 valence electrons. The van der Waals surface area contributed by atoms with E-state index in [4.69, 9.17) is 23.2 Å². The van der Waals surface area contributed by atoms with Gasteiger partial charge < -0.3 is 10.1 Å². The van der Waals surface area contributed by atoms with Crippen LogP contribution in [0.4, 0.5) is 5.95 Å². The number of aromatic nitrogens is 4. The maximum Gasteiger partial charge on any atom is 0.261 e. The molecule has 3 N–H and O–H groups in total. The summed E-state index contributed by atoms with van der Waals surface area (Å²) in [5.41, 5.74) is 0.843. The number of hydrogen-bond donors (Lipinski definition) is 3. The van der Waals surface area contributed by atoms with Crippen LogP contribution in [0.5, 0.6) is 5.75 Å². The standard InChI is InChI=1S/C12H7Cl2N5O2/c13-5-1-2-6(7(20)3-5)11(21)19-12-17-9(14)8-10(18-12)16-4-15-8/h1-4,20H,(H2,15,16,17,18,19,21). The number of benzene rings is 1. The average Bonchev–Trinajstić information content (AvgIpc) is 2.87. The first-order valence-electron chi connectivity index (χ1n) is 5.71. The van der Waals surface area contributed by atoms with Crippen molar-refractivity contribution in [2.75, 3.05) is 5.32 Å². The van der Waals surface area contributed by atoms with Crippen molar-refractivity contribution < 1.29 is 9.90 Å². The molecule has 0 saturated carbocycles. The van der Waals surface area contributed by atoms with E-state index in [9.17, 15) is 9.90 Å². The van der Waals surface area contributed by atoms with Gasteiger partial charge >= 0.3 is 0 Å². The molecule has 2 heterocycles. The second-order valence-corrected chi connectivity index (χ2v) is 4.85. The SMILES string of the molecule is O=C(Nc1nc(Cl)c2[nH]cnc2n1)c1ccc(Cl)cc1O. The molecule has 0 aliphatic rings. The van der Waals surface area contributed by atoms with Crippen LogP contribution in [0.3, 0.4) is 0 Å². The Morgan fingerprint density at radius 1 is 1.29 bits per heavy atom. The van der Waals surface area contributed by atoms with Crippen LogP contribution >= 0.6 is 23.2 Å². The minimum absolute atomic E-state index is 0.0149. The van der Waals surface area contributed by atoms with Crippen molar-refractivity contribution in [1.82, 2.24) is 19.9 Å². The Bertz CT molecular complexity index is 849. The molecule has 0 aliphatic heterocycles. The minimum Gasteiger partial charge on any atom is -0.507 e. The fraction of sp³-hybridized carbons (Fsp3) is 0. The fourth-order valence-electron chi connectivity index (χ4n) is 1.72. The number of nitrogens with one attached hydrogen (secondary N) is 2. The van der Waals surface area contributed by atoms with Crippen molar-refractivity contribution >= 4 is 46.2 Å². The van der Waals surface area contributed by atoms with Crippen LogP contribution in [0.25, 0.3) is 11.2 Å². The molecule has 0 bridgehead atoms. The van der Waals surface area contributed by atoms with E-state index in [1.54, 1.807) is 0 Å². The highest BCUT2D eigenvalue weighted by molar-refractivity contribution is 6.33. The smallest absolute Gasteiger partial charge is 0.261 e. The van der Waals surface area contributed by atoms with Crippen LogP contribution in [0.2, 0.25) is 10.2 Å². The van der Waals surface area contributed by atoms with E-state index in [-0.39, 0.29) is 22.4 Å². The zero-order valence-corrected chi connectivity index (χ0v) is 11.8. The number of rotatable bonds is 2. The van der Waals surface area contributed by atoms with E-state index in [1.807, 2.05) is 0 Å². The van der Waals surface area contributed by atoms with Gasteiger partial charge in [0.05, 0.1) is 11.9 Å². The monoisotopic (exact) mass is 323 g/mol. The van der Waals surface area contributed by atoms with Gasteiger partial charge in [0.1, 0.15) is 11.3 Å². The molecule has 0 unspecified atom stereocenters. The second kappa shape index (κ2) is 5.19. The highest BCUT2D eigenvalue weighted by Gasteiger charge is 2.15. The van der Waals surface area contributed by atoms with Crippen molar-refractivity contribution in [2.45, 2.75) is 0 Å². The molecule has 9 heteroatoms. The van der Waals surface area contributed by atoms with E-state index in [0.717, 1.165) is 0 Å². The minimum atomic E-state index is -0.588. The first-order valence-corrected chi connectivity index (χ1v) is 6.46. The molecule has 21 heavy (non-hydrogen) atoms. The lowest BCUT2D eigenvalue weighted by molar-refractivity contribution is 0.102. The number of nitrogens with zero attached hydrogens (tertiary/aromatic N) is 3. The zero-order valence-electron chi connectivity index (χ0n) is 10.3. The van der Waals surface area contributed by atoms with E-state index in [0.29, 0.717) is 16.2 Å². The lowest BCUT2D eigenvalue weighted by Gasteiger charge is -2.06. The molecule has 0 spiro atoms. The molecule has 0 radical (unpaired) electrons. The van der Waals surface area contributed by atoms with Crippen LogP contribution in [-0.2, 0) is 0 Å². The van der Waals surface area contributed by atoms with E-state index < -0.39 is 5.91 Å². The highest BCUT2D eigenvalue weighted by atomic mass is 35.5. The summed E-state index contributed by atoms with van der Waals surface area (Å²) in [6, 6.07) is 4.14. The van der Waals surface area contributed by atoms with Crippen molar-refractivity contribution in [3.63, 3.8) is 0 Å². The van der Waals surface area contributed by atoms with Crippen molar-refractivity contribution in [1.29, 1.82) is 0 Å². The van der Waals surface area contributed by atoms with Gasteiger partial charge in [0.25, 0.3) is 5.91 Å². The summed E-state index contributed by atoms with van der Waals surface area (Å²) in [4.78, 5) is 26.7. The number of imidazole rings is 1. The van der Waals surface area contributed by atoms with Crippen LogP contribution < -0.4 is 5.32 Å². The highest BCUT2D eigenvalue weighted by Crippen LogP contribution is 2.23. The summed E-state index contributed by atoms with van der Waals surface area (Å²) in [6.45, 7) is 0. The third-order valence-electron chi connectivity index (χ3n) is 2.67. The van der Waals surface area contributed by atoms with Crippen molar-refractivity contribution in [3.8, 4) is 5.75 Å². The number of carbonyl (C=O) groups excluding carboxylic acids is 1. The predicted octanol–water partition coefficient (Wildman–Crippen LogP) is 2.62. The maximum atomic E-state index is 12.1. The maximum absolute atomic E-state index is 12.1. The summed E-state index contributed by atoms with van der Waals surface area (Å²) in [5.74, 6) is -0.846. The lowest BCUT2D eigenvalue weighted by atomic mass is 10.2.